The van der Waals surface area contributed by atoms with Gasteiger partial charge in [0.2, 0.25) is 0 Å². The third-order valence-corrected chi connectivity index (χ3v) is 3.16. The van der Waals surface area contributed by atoms with E-state index in [1.807, 2.05) is 12.1 Å². The minimum Gasteiger partial charge on any atom is -0.490 e. The van der Waals surface area contributed by atoms with Crippen LogP contribution in [0.25, 0.3) is 0 Å². The molecule has 5 nitrogen and oxygen atoms in total. The quantitative estimate of drug-likeness (QED) is 0.632. The van der Waals surface area contributed by atoms with Crippen LogP contribution in [0, 0.1) is 22.7 Å². The van der Waals surface area contributed by atoms with E-state index in [0.717, 1.165) is 0 Å². The van der Waals surface area contributed by atoms with Gasteiger partial charge in [-0.25, -0.2) is 4.79 Å². The van der Waals surface area contributed by atoms with Gasteiger partial charge in [0.05, 0.1) is 40.5 Å². The molecule has 2 aromatic carbocycles. The fraction of sp³-hybridized carbons (Fsp3) is 0.118. The Kier molecular flexibility index (Phi) is 5.19. The van der Waals surface area contributed by atoms with Crippen molar-refractivity contribution >= 4 is 17.6 Å². The van der Waals surface area contributed by atoms with Gasteiger partial charge >= 0.3 is 5.97 Å². The maximum Gasteiger partial charge on any atom is 0.343 e. The first-order valence-electron chi connectivity index (χ1n) is 6.67. The molecule has 0 bridgehead atoms. The Hall–Kier alpha value is -3.02. The lowest BCUT2D eigenvalue weighted by Crippen LogP contribution is -2.10. The minimum absolute atomic E-state index is 0.0573. The molecule has 2 rings (SSSR count). The van der Waals surface area contributed by atoms with Gasteiger partial charge in [-0.15, -0.1) is 0 Å². The molecule has 0 amide bonds. The highest BCUT2D eigenvalue weighted by Crippen LogP contribution is 2.37. The van der Waals surface area contributed by atoms with Crippen LogP contribution in [0.2, 0.25) is 5.02 Å². The normalized spacial score (nSPS) is 9.57. The number of halogens is 1. The van der Waals surface area contributed by atoms with Crippen LogP contribution in [0.3, 0.4) is 0 Å². The summed E-state index contributed by atoms with van der Waals surface area (Å²) < 4.78 is 10.7. The van der Waals surface area contributed by atoms with E-state index in [2.05, 4.69) is 0 Å². The third kappa shape index (κ3) is 3.79. The van der Waals surface area contributed by atoms with Gasteiger partial charge < -0.3 is 9.47 Å². The smallest absolute Gasteiger partial charge is 0.343 e. The van der Waals surface area contributed by atoms with Gasteiger partial charge in [-0.2, -0.15) is 10.5 Å². The molecule has 0 aliphatic carbocycles. The van der Waals surface area contributed by atoms with Crippen LogP contribution in [0.5, 0.6) is 11.5 Å². The van der Waals surface area contributed by atoms with Gasteiger partial charge in [-0.1, -0.05) is 11.6 Å². The summed E-state index contributed by atoms with van der Waals surface area (Å²) in [6.45, 7) is 2.09. The molecule has 6 heteroatoms. The summed E-state index contributed by atoms with van der Waals surface area (Å²) in [5, 5.41) is 17.8. The van der Waals surface area contributed by atoms with Crippen LogP contribution in [-0.4, -0.2) is 12.6 Å². The van der Waals surface area contributed by atoms with E-state index in [-0.39, 0.29) is 22.1 Å². The third-order valence-electron chi connectivity index (χ3n) is 2.88. The Morgan fingerprint density at radius 2 is 1.78 bits per heavy atom. The number of hydrogen-bond donors (Lipinski definition) is 0. The number of hydrogen-bond acceptors (Lipinski definition) is 5. The zero-order chi connectivity index (χ0) is 16.8. The Labute approximate surface area is 138 Å². The average molecular weight is 327 g/mol. The van der Waals surface area contributed by atoms with Crippen LogP contribution < -0.4 is 9.47 Å². The molecule has 0 saturated heterocycles. The number of benzene rings is 2. The van der Waals surface area contributed by atoms with Crippen molar-refractivity contribution in [2.24, 2.45) is 0 Å². The summed E-state index contributed by atoms with van der Waals surface area (Å²) in [6.07, 6.45) is 0. The van der Waals surface area contributed by atoms with Crippen molar-refractivity contribution in [2.75, 3.05) is 6.61 Å². The molecule has 0 aliphatic heterocycles. The summed E-state index contributed by atoms with van der Waals surface area (Å²) in [4.78, 5) is 12.2. The highest BCUT2D eigenvalue weighted by Gasteiger charge is 2.17. The molecule has 23 heavy (non-hydrogen) atoms. The van der Waals surface area contributed by atoms with Gasteiger partial charge in [0.1, 0.15) is 0 Å². The van der Waals surface area contributed by atoms with Crippen molar-refractivity contribution in [3.8, 4) is 23.6 Å². The highest BCUT2D eigenvalue weighted by molar-refractivity contribution is 6.32. The van der Waals surface area contributed by atoms with Gasteiger partial charge in [-0.05, 0) is 37.3 Å². The molecule has 0 aliphatic rings. The zero-order valence-electron chi connectivity index (χ0n) is 12.2. The summed E-state index contributed by atoms with van der Waals surface area (Å²) in [5.74, 6) is -0.359. The van der Waals surface area contributed by atoms with E-state index >= 15 is 0 Å². The summed E-state index contributed by atoms with van der Waals surface area (Å²) in [6, 6.07) is 12.8. The van der Waals surface area contributed by atoms with Crippen molar-refractivity contribution in [2.45, 2.75) is 6.92 Å². The second kappa shape index (κ2) is 7.31. The average Bonchev–Trinajstić information content (AvgIpc) is 2.57. The molecule has 114 valence electrons. The monoisotopic (exact) mass is 326 g/mol. The van der Waals surface area contributed by atoms with Crippen LogP contribution in [0.1, 0.15) is 28.4 Å². The molecule has 0 N–H and O–H groups in total. The lowest BCUT2D eigenvalue weighted by Gasteiger charge is -2.12. The number of nitrogens with zero attached hydrogens (tertiary/aromatic N) is 2. The topological polar surface area (TPSA) is 83.1 Å². The maximum atomic E-state index is 12.2. The highest BCUT2D eigenvalue weighted by atomic mass is 35.5. The Morgan fingerprint density at radius 1 is 1.13 bits per heavy atom. The van der Waals surface area contributed by atoms with E-state index in [1.54, 1.807) is 6.92 Å². The molecule has 0 atom stereocenters. The maximum absolute atomic E-state index is 12.2. The minimum atomic E-state index is -0.637. The Balaban J connectivity index is 2.33. The first kappa shape index (κ1) is 16.4. The second-order valence-corrected chi connectivity index (χ2v) is 4.82. The number of esters is 1. The van der Waals surface area contributed by atoms with E-state index in [4.69, 9.17) is 31.6 Å². The summed E-state index contributed by atoms with van der Waals surface area (Å²) in [7, 11) is 0. The summed E-state index contributed by atoms with van der Waals surface area (Å²) in [5.41, 5.74) is 1.01. The summed E-state index contributed by atoms with van der Waals surface area (Å²) >= 11 is 6.08. The molecular weight excluding hydrogens is 316 g/mol. The fourth-order valence-corrected chi connectivity index (χ4v) is 2.08. The van der Waals surface area contributed by atoms with E-state index in [1.165, 1.54) is 36.4 Å². The molecule has 0 radical (unpaired) electrons. The molecule has 2 aromatic rings. The molecule has 0 spiro atoms. The lowest BCUT2D eigenvalue weighted by molar-refractivity contribution is 0.0728. The number of ether oxygens (including phenoxy) is 2. The fourth-order valence-electron chi connectivity index (χ4n) is 1.83. The van der Waals surface area contributed by atoms with Gasteiger partial charge in [-0.3, -0.25) is 0 Å². The van der Waals surface area contributed by atoms with E-state index < -0.39 is 5.97 Å². The first-order valence-corrected chi connectivity index (χ1v) is 7.05. The van der Waals surface area contributed by atoms with Crippen LogP contribution in [-0.2, 0) is 0 Å². The van der Waals surface area contributed by atoms with Crippen molar-refractivity contribution in [3.05, 3.63) is 58.1 Å². The van der Waals surface area contributed by atoms with Crippen LogP contribution in [0.4, 0.5) is 0 Å². The van der Waals surface area contributed by atoms with Crippen LogP contribution >= 0.6 is 11.6 Å². The molecule has 0 fully saturated rings. The number of rotatable bonds is 4. The predicted octanol–water partition coefficient (Wildman–Crippen LogP) is 3.70. The SMILES string of the molecule is CCOc1cc(C#N)cc(Cl)c1OC(=O)c1ccc(C#N)cc1. The Morgan fingerprint density at radius 3 is 2.35 bits per heavy atom. The number of carbonyl (C=O) groups is 1. The van der Waals surface area contributed by atoms with Gasteiger partial charge in [0.25, 0.3) is 0 Å². The van der Waals surface area contributed by atoms with Crippen molar-refractivity contribution in [1.29, 1.82) is 10.5 Å². The predicted molar refractivity (Wildman–Crippen MR) is 83.5 cm³/mol. The largest absolute Gasteiger partial charge is 0.490 e. The van der Waals surface area contributed by atoms with Crippen molar-refractivity contribution in [3.63, 3.8) is 0 Å². The molecular formula is C17H11ClN2O3. The molecule has 0 heterocycles. The number of carbonyl (C=O) groups excluding carboxylic acids is 1. The van der Waals surface area contributed by atoms with Crippen molar-refractivity contribution in [1.82, 2.24) is 0 Å². The number of nitriles is 2. The molecule has 0 unspecified atom stereocenters. The second-order valence-electron chi connectivity index (χ2n) is 4.41. The van der Waals surface area contributed by atoms with Gasteiger partial charge in [0, 0.05) is 6.07 Å². The Bertz CT molecular complexity index is 817. The van der Waals surface area contributed by atoms with Crippen molar-refractivity contribution < 1.29 is 14.3 Å². The van der Waals surface area contributed by atoms with Gasteiger partial charge in [0.15, 0.2) is 11.5 Å². The lowest BCUT2D eigenvalue weighted by atomic mass is 10.1. The van der Waals surface area contributed by atoms with E-state index in [9.17, 15) is 4.79 Å². The molecule has 0 aromatic heterocycles. The van der Waals surface area contributed by atoms with Crippen LogP contribution in [0.15, 0.2) is 36.4 Å². The molecule has 0 saturated carbocycles. The zero-order valence-corrected chi connectivity index (χ0v) is 12.9. The standard InChI is InChI=1S/C17H11ClN2O3/c1-2-22-15-8-12(10-20)7-14(18)16(15)23-17(21)13-5-3-11(9-19)4-6-13/h3-8H,2H2,1H3. The van der Waals surface area contributed by atoms with E-state index in [0.29, 0.717) is 17.7 Å². The first-order chi connectivity index (χ1) is 11.1.